The molecule has 0 bridgehead atoms. The SMILES string of the molecule is COC(=O)c1ccccc1CN1C(=O)c2ccccc2C1O. The Morgan fingerprint density at radius 1 is 1.18 bits per heavy atom. The van der Waals surface area contributed by atoms with E-state index in [1.54, 1.807) is 48.5 Å². The number of ether oxygens (including phenoxy) is 1. The molecule has 5 heteroatoms. The number of methoxy groups -OCH3 is 1. The van der Waals surface area contributed by atoms with Gasteiger partial charge >= 0.3 is 5.97 Å². The maximum atomic E-state index is 12.4. The lowest BCUT2D eigenvalue weighted by molar-refractivity contribution is 0.0134. The molecule has 2 aromatic carbocycles. The molecule has 0 aliphatic carbocycles. The molecule has 1 aliphatic rings. The van der Waals surface area contributed by atoms with Crippen LogP contribution in [0.25, 0.3) is 0 Å². The van der Waals surface area contributed by atoms with Gasteiger partial charge in [0, 0.05) is 17.7 Å². The summed E-state index contributed by atoms with van der Waals surface area (Å²) in [6.07, 6.45) is -1.01. The molecule has 1 amide bonds. The van der Waals surface area contributed by atoms with Gasteiger partial charge in [-0.05, 0) is 17.7 Å². The van der Waals surface area contributed by atoms with Crippen LogP contribution < -0.4 is 0 Å². The second kappa shape index (κ2) is 5.61. The number of benzene rings is 2. The zero-order valence-corrected chi connectivity index (χ0v) is 12.0. The van der Waals surface area contributed by atoms with E-state index >= 15 is 0 Å². The van der Waals surface area contributed by atoms with Crippen LogP contribution in [0.15, 0.2) is 48.5 Å². The summed E-state index contributed by atoms with van der Waals surface area (Å²) in [6.45, 7) is 0.139. The van der Waals surface area contributed by atoms with Crippen molar-refractivity contribution in [3.8, 4) is 0 Å². The lowest BCUT2D eigenvalue weighted by atomic mass is 10.1. The van der Waals surface area contributed by atoms with E-state index in [-0.39, 0.29) is 12.5 Å². The van der Waals surface area contributed by atoms with Crippen LogP contribution in [0.5, 0.6) is 0 Å². The fourth-order valence-corrected chi connectivity index (χ4v) is 2.66. The van der Waals surface area contributed by atoms with E-state index in [1.807, 2.05) is 0 Å². The smallest absolute Gasteiger partial charge is 0.338 e. The molecule has 2 aromatic rings. The first-order valence-electron chi connectivity index (χ1n) is 6.87. The average molecular weight is 297 g/mol. The molecule has 0 spiro atoms. The molecule has 0 radical (unpaired) electrons. The summed E-state index contributed by atoms with van der Waals surface area (Å²) in [7, 11) is 1.31. The molecule has 0 saturated carbocycles. The van der Waals surface area contributed by atoms with Crippen LogP contribution in [-0.4, -0.2) is 29.0 Å². The number of aliphatic hydroxyl groups is 1. The number of carbonyl (C=O) groups is 2. The number of aliphatic hydroxyl groups excluding tert-OH is 1. The van der Waals surface area contributed by atoms with E-state index in [0.29, 0.717) is 22.3 Å². The maximum absolute atomic E-state index is 12.4. The molecule has 0 aromatic heterocycles. The Morgan fingerprint density at radius 2 is 1.86 bits per heavy atom. The molecule has 112 valence electrons. The van der Waals surface area contributed by atoms with E-state index in [9.17, 15) is 14.7 Å². The van der Waals surface area contributed by atoms with Crippen LogP contribution in [0.3, 0.4) is 0 Å². The van der Waals surface area contributed by atoms with Crippen LogP contribution in [0.4, 0.5) is 0 Å². The molecule has 3 rings (SSSR count). The van der Waals surface area contributed by atoms with Crippen molar-refractivity contribution >= 4 is 11.9 Å². The number of esters is 1. The molecule has 0 saturated heterocycles. The first kappa shape index (κ1) is 14.3. The molecule has 1 aliphatic heterocycles. The van der Waals surface area contributed by atoms with Gasteiger partial charge in [-0.25, -0.2) is 4.79 Å². The van der Waals surface area contributed by atoms with E-state index in [2.05, 4.69) is 0 Å². The number of fused-ring (bicyclic) bond motifs is 1. The van der Waals surface area contributed by atoms with E-state index in [1.165, 1.54) is 12.0 Å². The largest absolute Gasteiger partial charge is 0.465 e. The zero-order valence-electron chi connectivity index (χ0n) is 12.0. The summed E-state index contributed by atoms with van der Waals surface area (Å²) in [5, 5.41) is 10.3. The molecular weight excluding hydrogens is 282 g/mol. The summed E-state index contributed by atoms with van der Waals surface area (Å²) >= 11 is 0. The molecule has 1 atom stereocenters. The summed E-state index contributed by atoms with van der Waals surface area (Å²) < 4.78 is 4.75. The van der Waals surface area contributed by atoms with E-state index < -0.39 is 12.2 Å². The zero-order chi connectivity index (χ0) is 15.7. The van der Waals surface area contributed by atoms with Crippen LogP contribution >= 0.6 is 0 Å². The molecule has 1 N–H and O–H groups in total. The van der Waals surface area contributed by atoms with Crippen LogP contribution in [-0.2, 0) is 11.3 Å². The van der Waals surface area contributed by atoms with Crippen molar-refractivity contribution in [1.29, 1.82) is 0 Å². The van der Waals surface area contributed by atoms with Crippen molar-refractivity contribution in [3.05, 3.63) is 70.8 Å². The first-order chi connectivity index (χ1) is 10.6. The first-order valence-corrected chi connectivity index (χ1v) is 6.87. The highest BCUT2D eigenvalue weighted by Crippen LogP contribution is 2.33. The summed E-state index contributed by atoms with van der Waals surface area (Å²) in [6, 6.07) is 13.8. The van der Waals surface area contributed by atoms with Gasteiger partial charge in [0.25, 0.3) is 5.91 Å². The lowest BCUT2D eigenvalue weighted by Gasteiger charge is -2.22. The highest BCUT2D eigenvalue weighted by atomic mass is 16.5. The van der Waals surface area contributed by atoms with Gasteiger partial charge in [-0.1, -0.05) is 36.4 Å². The number of amides is 1. The van der Waals surface area contributed by atoms with Gasteiger partial charge < -0.3 is 14.7 Å². The minimum Gasteiger partial charge on any atom is -0.465 e. The molecule has 5 nitrogen and oxygen atoms in total. The number of rotatable bonds is 3. The van der Waals surface area contributed by atoms with Gasteiger partial charge in [-0.2, -0.15) is 0 Å². The van der Waals surface area contributed by atoms with Gasteiger partial charge in [-0.15, -0.1) is 0 Å². The third-order valence-electron chi connectivity index (χ3n) is 3.79. The Bertz CT molecular complexity index is 741. The second-order valence-corrected chi connectivity index (χ2v) is 5.04. The fourth-order valence-electron chi connectivity index (χ4n) is 2.66. The molecule has 0 fully saturated rings. The number of hydrogen-bond acceptors (Lipinski definition) is 4. The Balaban J connectivity index is 1.93. The average Bonchev–Trinajstić information content (AvgIpc) is 2.80. The third kappa shape index (κ3) is 2.25. The van der Waals surface area contributed by atoms with Gasteiger partial charge in [0.2, 0.25) is 0 Å². The Hall–Kier alpha value is -2.66. The minimum atomic E-state index is -1.01. The molecule has 1 heterocycles. The minimum absolute atomic E-state index is 0.139. The highest BCUT2D eigenvalue weighted by Gasteiger charge is 2.35. The van der Waals surface area contributed by atoms with Gasteiger partial charge in [-0.3, -0.25) is 4.79 Å². The predicted molar refractivity (Wildman–Crippen MR) is 79.1 cm³/mol. The van der Waals surface area contributed by atoms with Gasteiger partial charge in [0.05, 0.1) is 12.7 Å². The van der Waals surface area contributed by atoms with E-state index in [0.717, 1.165) is 0 Å². The second-order valence-electron chi connectivity index (χ2n) is 5.04. The normalized spacial score (nSPS) is 16.5. The van der Waals surface area contributed by atoms with Crippen LogP contribution in [0, 0.1) is 0 Å². The quantitative estimate of drug-likeness (QED) is 0.881. The maximum Gasteiger partial charge on any atom is 0.338 e. The predicted octanol–water partition coefficient (Wildman–Crippen LogP) is 2.12. The summed E-state index contributed by atoms with van der Waals surface area (Å²) in [5.74, 6) is -0.711. The van der Waals surface area contributed by atoms with Crippen molar-refractivity contribution in [2.75, 3.05) is 7.11 Å². The van der Waals surface area contributed by atoms with E-state index in [4.69, 9.17) is 4.74 Å². The Morgan fingerprint density at radius 3 is 2.59 bits per heavy atom. The Labute approximate surface area is 127 Å². The van der Waals surface area contributed by atoms with Gasteiger partial charge in [0.1, 0.15) is 0 Å². The van der Waals surface area contributed by atoms with Gasteiger partial charge in [0.15, 0.2) is 6.23 Å². The van der Waals surface area contributed by atoms with Crippen molar-refractivity contribution in [3.63, 3.8) is 0 Å². The number of carbonyl (C=O) groups excluding carboxylic acids is 2. The standard InChI is InChI=1S/C17H15NO4/c1-22-17(21)12-7-3-2-6-11(12)10-18-15(19)13-8-4-5-9-14(13)16(18)20/h2-9,15,19H,10H2,1H3. The molecule has 22 heavy (non-hydrogen) atoms. The fraction of sp³-hybridized carbons (Fsp3) is 0.176. The summed E-state index contributed by atoms with van der Waals surface area (Å²) in [4.78, 5) is 25.6. The van der Waals surface area contributed by atoms with Crippen molar-refractivity contribution in [2.24, 2.45) is 0 Å². The monoisotopic (exact) mass is 297 g/mol. The number of hydrogen-bond donors (Lipinski definition) is 1. The number of nitrogens with zero attached hydrogens (tertiary/aromatic N) is 1. The lowest BCUT2D eigenvalue weighted by Crippen LogP contribution is -2.28. The molecule has 1 unspecified atom stereocenters. The van der Waals surface area contributed by atoms with Crippen LogP contribution in [0.2, 0.25) is 0 Å². The highest BCUT2D eigenvalue weighted by molar-refractivity contribution is 5.99. The van der Waals surface area contributed by atoms with Crippen molar-refractivity contribution < 1.29 is 19.4 Å². The van der Waals surface area contributed by atoms with Crippen molar-refractivity contribution in [1.82, 2.24) is 4.90 Å². The topological polar surface area (TPSA) is 66.8 Å². The summed E-state index contributed by atoms with van der Waals surface area (Å²) in [5.41, 5.74) is 2.10. The Kier molecular flexibility index (Phi) is 3.65. The third-order valence-corrected chi connectivity index (χ3v) is 3.79. The van der Waals surface area contributed by atoms with Crippen molar-refractivity contribution in [2.45, 2.75) is 12.8 Å². The van der Waals surface area contributed by atoms with Crippen LogP contribution in [0.1, 0.15) is 38.1 Å². The molecular formula is C17H15NO4.